The maximum absolute atomic E-state index is 8.86. The van der Waals surface area contributed by atoms with Crippen molar-refractivity contribution in [2.75, 3.05) is 18.0 Å². The molecule has 0 saturated carbocycles. The zero-order valence-corrected chi connectivity index (χ0v) is 12.4. The summed E-state index contributed by atoms with van der Waals surface area (Å²) < 4.78 is 1.02. The summed E-state index contributed by atoms with van der Waals surface area (Å²) in [6.07, 6.45) is 0. The molecule has 0 spiro atoms. The minimum absolute atomic E-state index is 0.654. The first-order chi connectivity index (χ1) is 8.10. The Morgan fingerprint density at radius 3 is 2.53 bits per heavy atom. The molecule has 1 saturated heterocycles. The third-order valence-corrected chi connectivity index (χ3v) is 4.70. The summed E-state index contributed by atoms with van der Waals surface area (Å²) in [5.74, 6) is 0. The molecule has 2 atom stereocenters. The second-order valence-corrected chi connectivity index (χ2v) is 7.18. The molecule has 1 aliphatic heterocycles. The minimum Gasteiger partial charge on any atom is -0.368 e. The van der Waals surface area contributed by atoms with E-state index in [9.17, 15) is 0 Å². The highest BCUT2D eigenvalue weighted by Crippen LogP contribution is 2.33. The summed E-state index contributed by atoms with van der Waals surface area (Å²) in [4.78, 5) is 2.40. The predicted octanol–water partition coefficient (Wildman–Crippen LogP) is 3.65. The summed E-state index contributed by atoms with van der Waals surface area (Å²) in [5.41, 5.74) is 1.90. The van der Waals surface area contributed by atoms with Crippen LogP contribution in [0.1, 0.15) is 19.4 Å². The second-order valence-electron chi connectivity index (χ2n) is 4.44. The molecule has 2 rings (SSSR count). The number of hydrogen-bond acceptors (Lipinski definition) is 3. The molecule has 1 aliphatic rings. The van der Waals surface area contributed by atoms with E-state index in [1.165, 1.54) is 5.69 Å². The van der Waals surface area contributed by atoms with Crippen LogP contribution < -0.4 is 4.90 Å². The van der Waals surface area contributed by atoms with Crippen LogP contribution in [0.25, 0.3) is 0 Å². The van der Waals surface area contributed by atoms with E-state index in [4.69, 9.17) is 5.26 Å². The van der Waals surface area contributed by atoms with Gasteiger partial charge >= 0.3 is 0 Å². The third-order valence-electron chi connectivity index (χ3n) is 2.84. The number of halogens is 1. The molecule has 1 aromatic carbocycles. The number of hydrogen-bond donors (Lipinski definition) is 0. The quantitative estimate of drug-likeness (QED) is 0.792. The molecule has 2 nitrogen and oxygen atoms in total. The van der Waals surface area contributed by atoms with Crippen molar-refractivity contribution in [3.8, 4) is 6.07 Å². The van der Waals surface area contributed by atoms with Crippen LogP contribution in [0.4, 0.5) is 5.69 Å². The summed E-state index contributed by atoms with van der Waals surface area (Å²) in [6, 6.07) is 7.98. The molecule has 4 heteroatoms. The largest absolute Gasteiger partial charge is 0.368 e. The van der Waals surface area contributed by atoms with E-state index >= 15 is 0 Å². The monoisotopic (exact) mass is 310 g/mol. The molecule has 0 aromatic heterocycles. The number of benzene rings is 1. The van der Waals surface area contributed by atoms with Gasteiger partial charge in [0.25, 0.3) is 0 Å². The highest BCUT2D eigenvalue weighted by Gasteiger charge is 2.23. The lowest BCUT2D eigenvalue weighted by Gasteiger charge is -2.36. The average molecular weight is 311 g/mol. The van der Waals surface area contributed by atoms with Crippen molar-refractivity contribution in [3.05, 3.63) is 28.2 Å². The Labute approximate surface area is 115 Å². The first kappa shape index (κ1) is 12.8. The second kappa shape index (κ2) is 5.32. The molecule has 90 valence electrons. The van der Waals surface area contributed by atoms with E-state index < -0.39 is 0 Å². The van der Waals surface area contributed by atoms with E-state index in [0.717, 1.165) is 17.6 Å². The molecule has 1 aromatic rings. The van der Waals surface area contributed by atoms with Crippen LogP contribution in [0.2, 0.25) is 0 Å². The number of nitriles is 1. The summed E-state index contributed by atoms with van der Waals surface area (Å²) in [5, 5.41) is 10.2. The molecule has 17 heavy (non-hydrogen) atoms. The van der Waals surface area contributed by atoms with E-state index in [0.29, 0.717) is 16.1 Å². The van der Waals surface area contributed by atoms with Crippen LogP contribution in [0.5, 0.6) is 0 Å². The van der Waals surface area contributed by atoms with Gasteiger partial charge < -0.3 is 4.90 Å². The Balaban J connectivity index is 2.25. The van der Waals surface area contributed by atoms with Gasteiger partial charge in [-0.1, -0.05) is 13.8 Å². The van der Waals surface area contributed by atoms with Gasteiger partial charge in [-0.25, -0.2) is 0 Å². The van der Waals surface area contributed by atoms with Crippen LogP contribution in [0.3, 0.4) is 0 Å². The first-order valence-electron chi connectivity index (χ1n) is 5.70. The van der Waals surface area contributed by atoms with Gasteiger partial charge in [-0.2, -0.15) is 17.0 Å². The molecule has 0 N–H and O–H groups in total. The van der Waals surface area contributed by atoms with E-state index in [2.05, 4.69) is 40.7 Å². The van der Waals surface area contributed by atoms with Crippen LogP contribution >= 0.6 is 27.7 Å². The van der Waals surface area contributed by atoms with Crippen molar-refractivity contribution < 1.29 is 0 Å². The van der Waals surface area contributed by atoms with Gasteiger partial charge in [0.1, 0.15) is 0 Å². The topological polar surface area (TPSA) is 27.0 Å². The molecular weight excluding hydrogens is 296 g/mol. The van der Waals surface area contributed by atoms with Gasteiger partial charge in [0.2, 0.25) is 0 Å². The molecular formula is C13H15BrN2S. The van der Waals surface area contributed by atoms with E-state index in [-0.39, 0.29) is 0 Å². The molecule has 0 bridgehead atoms. The van der Waals surface area contributed by atoms with Crippen molar-refractivity contribution in [3.63, 3.8) is 0 Å². The Morgan fingerprint density at radius 2 is 2.00 bits per heavy atom. The summed E-state index contributed by atoms with van der Waals surface area (Å²) >= 11 is 5.61. The highest BCUT2D eigenvalue weighted by molar-refractivity contribution is 9.10. The number of rotatable bonds is 1. The van der Waals surface area contributed by atoms with Crippen molar-refractivity contribution in [1.29, 1.82) is 5.26 Å². The molecule has 0 amide bonds. The Kier molecular flexibility index (Phi) is 4.01. The van der Waals surface area contributed by atoms with Crippen molar-refractivity contribution in [1.82, 2.24) is 0 Å². The predicted molar refractivity (Wildman–Crippen MR) is 77.6 cm³/mol. The molecule has 1 fully saturated rings. The van der Waals surface area contributed by atoms with E-state index in [1.54, 1.807) is 0 Å². The smallest absolute Gasteiger partial charge is 0.0992 e. The molecule has 1 heterocycles. The lowest BCUT2D eigenvalue weighted by Crippen LogP contribution is -2.40. The summed E-state index contributed by atoms with van der Waals surface area (Å²) in [7, 11) is 0. The van der Waals surface area contributed by atoms with Crippen LogP contribution in [0, 0.1) is 11.3 Å². The molecule has 0 radical (unpaired) electrons. The Bertz CT molecular complexity index is 445. The normalized spacial score (nSPS) is 24.5. The van der Waals surface area contributed by atoms with Crippen molar-refractivity contribution in [2.24, 2.45) is 0 Å². The van der Waals surface area contributed by atoms with Crippen LogP contribution in [-0.4, -0.2) is 23.6 Å². The van der Waals surface area contributed by atoms with Crippen LogP contribution in [-0.2, 0) is 0 Å². The van der Waals surface area contributed by atoms with Gasteiger partial charge in [0.15, 0.2) is 0 Å². The lowest BCUT2D eigenvalue weighted by molar-refractivity contribution is 0.727. The minimum atomic E-state index is 0.654. The third kappa shape index (κ3) is 2.97. The van der Waals surface area contributed by atoms with Gasteiger partial charge in [-0.3, -0.25) is 0 Å². The fourth-order valence-electron chi connectivity index (χ4n) is 2.21. The lowest BCUT2D eigenvalue weighted by atomic mass is 10.2. The average Bonchev–Trinajstić information content (AvgIpc) is 2.27. The Hall–Kier alpha value is -0.660. The first-order valence-corrected chi connectivity index (χ1v) is 7.44. The fraction of sp³-hybridized carbons (Fsp3) is 0.462. The SMILES string of the molecule is CC1CN(c2ccc(C#N)cc2Br)CC(C)S1. The molecule has 0 aliphatic carbocycles. The van der Waals surface area contributed by atoms with Gasteiger partial charge in [0, 0.05) is 28.1 Å². The van der Waals surface area contributed by atoms with Crippen molar-refractivity contribution >= 4 is 33.4 Å². The Morgan fingerprint density at radius 1 is 1.35 bits per heavy atom. The zero-order chi connectivity index (χ0) is 12.4. The molecule has 2 unspecified atom stereocenters. The van der Waals surface area contributed by atoms with Crippen LogP contribution in [0.15, 0.2) is 22.7 Å². The van der Waals surface area contributed by atoms with Gasteiger partial charge in [-0.05, 0) is 34.1 Å². The maximum Gasteiger partial charge on any atom is 0.0992 e. The summed E-state index contributed by atoms with van der Waals surface area (Å²) in [6.45, 7) is 6.68. The van der Waals surface area contributed by atoms with Crippen molar-refractivity contribution in [2.45, 2.75) is 24.3 Å². The van der Waals surface area contributed by atoms with Gasteiger partial charge in [0.05, 0.1) is 17.3 Å². The number of anilines is 1. The van der Waals surface area contributed by atoms with E-state index in [1.807, 2.05) is 30.0 Å². The highest BCUT2D eigenvalue weighted by atomic mass is 79.9. The standard InChI is InChI=1S/C13H15BrN2S/c1-9-7-16(8-10(2)17-9)13-4-3-11(6-15)5-12(13)14/h3-5,9-10H,7-8H2,1-2H3. The maximum atomic E-state index is 8.86. The van der Waals surface area contributed by atoms with Gasteiger partial charge in [-0.15, -0.1) is 0 Å². The number of nitrogens with zero attached hydrogens (tertiary/aromatic N) is 2. The zero-order valence-electron chi connectivity index (χ0n) is 9.98. The number of thioether (sulfide) groups is 1. The fourth-order valence-corrected chi connectivity index (χ4v) is 4.16.